The molecule has 2 unspecified atom stereocenters. The molecule has 2 aromatic rings. The number of hydrogen-bond donors (Lipinski definition) is 1. The van der Waals surface area contributed by atoms with E-state index < -0.39 is 34.6 Å². The maximum atomic E-state index is 12.8. The first kappa shape index (κ1) is 30.4. The van der Waals surface area contributed by atoms with Gasteiger partial charge in [-0.3, -0.25) is 0 Å². The fourth-order valence-corrected chi connectivity index (χ4v) is 5.41. The third kappa shape index (κ3) is 8.95. The summed E-state index contributed by atoms with van der Waals surface area (Å²) in [6.45, 7) is 20.6. The molecule has 0 fully saturated rings. The molecule has 0 bridgehead atoms. The maximum absolute atomic E-state index is 12.8. The lowest BCUT2D eigenvalue weighted by Crippen LogP contribution is -2.42. The molecule has 1 aromatic carbocycles. The van der Waals surface area contributed by atoms with Crippen molar-refractivity contribution in [2.45, 2.75) is 96.9 Å². The minimum Gasteiger partial charge on any atom is -0.461 e. The molecule has 0 spiro atoms. The number of ether oxygens (including phenoxy) is 2. The maximum Gasteiger partial charge on any atom is 0.356 e. The van der Waals surface area contributed by atoms with Gasteiger partial charge in [-0.25, -0.2) is 9.48 Å². The summed E-state index contributed by atoms with van der Waals surface area (Å²) in [5.74, 6) is -0.445. The first-order valence-electron chi connectivity index (χ1n) is 12.9. The van der Waals surface area contributed by atoms with Crippen LogP contribution in [0.2, 0.25) is 43.8 Å². The number of benzene rings is 1. The molecule has 0 aliphatic rings. The molecule has 0 saturated carbocycles. The third-order valence-electron chi connectivity index (χ3n) is 6.69. The zero-order chi connectivity index (χ0) is 27.1. The van der Waals surface area contributed by atoms with Crippen LogP contribution in [0.3, 0.4) is 0 Å². The first-order chi connectivity index (χ1) is 16.6. The minimum absolute atomic E-state index is 0.0323. The van der Waals surface area contributed by atoms with Crippen molar-refractivity contribution in [3.63, 3.8) is 0 Å². The Morgan fingerprint density at radius 3 is 2.31 bits per heavy atom. The summed E-state index contributed by atoms with van der Waals surface area (Å²) < 4.78 is 19.5. The average Bonchev–Trinajstić information content (AvgIpc) is 3.20. The number of aliphatic hydroxyl groups is 1. The van der Waals surface area contributed by atoms with Crippen molar-refractivity contribution < 1.29 is 23.8 Å². The molecule has 0 saturated heterocycles. The molecule has 0 amide bonds. The zero-order valence-electron chi connectivity index (χ0n) is 23.6. The molecule has 1 aromatic heterocycles. The Balaban J connectivity index is 2.39. The summed E-state index contributed by atoms with van der Waals surface area (Å²) in [4.78, 5) is 12.8. The second-order valence-electron chi connectivity index (χ2n) is 12.1. The Labute approximate surface area is 219 Å². The van der Waals surface area contributed by atoms with Crippen LogP contribution in [0.5, 0.6) is 0 Å². The van der Waals surface area contributed by atoms with Gasteiger partial charge in [0.2, 0.25) is 0 Å². The smallest absolute Gasteiger partial charge is 0.356 e. The Morgan fingerprint density at radius 1 is 1.11 bits per heavy atom. The lowest BCUT2D eigenvalue weighted by molar-refractivity contribution is 0.0451. The molecule has 1 N–H and O–H groups in total. The quantitative estimate of drug-likeness (QED) is 0.178. The van der Waals surface area contributed by atoms with Crippen molar-refractivity contribution in [2.24, 2.45) is 0 Å². The van der Waals surface area contributed by atoms with Crippen molar-refractivity contribution in [2.75, 3.05) is 13.2 Å². The van der Waals surface area contributed by atoms with E-state index in [2.05, 4.69) is 53.5 Å². The van der Waals surface area contributed by atoms with Gasteiger partial charge in [0.25, 0.3) is 0 Å². The lowest BCUT2D eigenvalue weighted by atomic mass is 10.0. The van der Waals surface area contributed by atoms with E-state index >= 15 is 0 Å². The van der Waals surface area contributed by atoms with E-state index in [-0.39, 0.29) is 18.4 Å². The average molecular weight is 535 g/mol. The standard InChI is InChI=1S/C27H46N2O5Si2/c1-10-33-26(31)23-18-22(28-29(23)20-32-16-17-35(5,6)7)25(34-36(8,9)27(2,3)4)19-24(30)21-14-12-11-13-15-21/h11-15,18,24-25,30H,10,16-17,19-20H2,1-9H3. The van der Waals surface area contributed by atoms with Crippen LogP contribution in [0.15, 0.2) is 36.4 Å². The number of hydrogen-bond acceptors (Lipinski definition) is 6. The largest absolute Gasteiger partial charge is 0.461 e. The summed E-state index contributed by atoms with van der Waals surface area (Å²) in [5, 5.41) is 15.8. The van der Waals surface area contributed by atoms with Crippen molar-refractivity contribution in [3.05, 3.63) is 53.3 Å². The molecule has 2 atom stereocenters. The van der Waals surface area contributed by atoms with Gasteiger partial charge in [-0.1, -0.05) is 70.7 Å². The molecule has 0 radical (unpaired) electrons. The minimum atomic E-state index is -2.22. The molecular weight excluding hydrogens is 488 g/mol. The van der Waals surface area contributed by atoms with Crippen molar-refractivity contribution in [1.29, 1.82) is 0 Å². The fourth-order valence-electron chi connectivity index (χ4n) is 3.37. The van der Waals surface area contributed by atoms with Crippen molar-refractivity contribution in [1.82, 2.24) is 9.78 Å². The van der Waals surface area contributed by atoms with Crippen LogP contribution in [-0.2, 0) is 20.6 Å². The molecule has 2 rings (SSSR count). The van der Waals surface area contributed by atoms with Crippen LogP contribution in [0.4, 0.5) is 0 Å². The molecule has 202 valence electrons. The van der Waals surface area contributed by atoms with Gasteiger partial charge in [0, 0.05) is 21.1 Å². The van der Waals surface area contributed by atoms with E-state index in [0.29, 0.717) is 24.4 Å². The van der Waals surface area contributed by atoms with Gasteiger partial charge in [-0.05, 0) is 42.7 Å². The first-order valence-corrected chi connectivity index (χ1v) is 19.5. The Kier molecular flexibility index (Phi) is 10.7. The van der Waals surface area contributed by atoms with Crippen LogP contribution in [-0.4, -0.2) is 50.5 Å². The molecule has 1 heterocycles. The SMILES string of the molecule is CCOC(=O)c1cc(C(CC(O)c2ccccc2)O[Si](C)(C)C(C)(C)C)nn1COCC[Si](C)(C)C. The highest BCUT2D eigenvalue weighted by Crippen LogP contribution is 2.41. The molecule has 9 heteroatoms. The number of esters is 1. The van der Waals surface area contributed by atoms with Gasteiger partial charge < -0.3 is 19.0 Å². The van der Waals surface area contributed by atoms with Gasteiger partial charge in [-0.15, -0.1) is 0 Å². The Bertz CT molecular complexity index is 965. The predicted molar refractivity (Wildman–Crippen MR) is 149 cm³/mol. The fraction of sp³-hybridized carbons (Fsp3) is 0.630. The number of carbonyl (C=O) groups is 1. The normalized spacial score (nSPS) is 14.5. The summed E-state index contributed by atoms with van der Waals surface area (Å²) in [6, 6.07) is 12.3. The molecular formula is C27H46N2O5Si2. The Hall–Kier alpha value is -1.79. The predicted octanol–water partition coefficient (Wildman–Crippen LogP) is 6.56. The van der Waals surface area contributed by atoms with Crippen LogP contribution in [0, 0.1) is 0 Å². The summed E-state index contributed by atoms with van der Waals surface area (Å²) in [5.41, 5.74) is 1.76. The lowest BCUT2D eigenvalue weighted by Gasteiger charge is -2.39. The molecule has 0 aliphatic heterocycles. The van der Waals surface area contributed by atoms with E-state index in [0.717, 1.165) is 11.6 Å². The number of rotatable bonds is 13. The topological polar surface area (TPSA) is 82.8 Å². The molecule has 0 aliphatic carbocycles. The Morgan fingerprint density at radius 2 is 1.75 bits per heavy atom. The van der Waals surface area contributed by atoms with E-state index in [1.807, 2.05) is 30.3 Å². The summed E-state index contributed by atoms with van der Waals surface area (Å²) >= 11 is 0. The van der Waals surface area contributed by atoms with Crippen molar-refractivity contribution in [3.8, 4) is 0 Å². The number of aromatic nitrogens is 2. The van der Waals surface area contributed by atoms with Crippen LogP contribution < -0.4 is 0 Å². The van der Waals surface area contributed by atoms with Crippen LogP contribution >= 0.6 is 0 Å². The third-order valence-corrected chi connectivity index (χ3v) is 12.9. The number of aliphatic hydroxyl groups excluding tert-OH is 1. The highest BCUT2D eigenvalue weighted by Gasteiger charge is 2.40. The molecule has 36 heavy (non-hydrogen) atoms. The van der Waals surface area contributed by atoms with E-state index in [1.165, 1.54) is 0 Å². The number of nitrogens with zero attached hydrogens (tertiary/aromatic N) is 2. The zero-order valence-corrected chi connectivity index (χ0v) is 25.6. The summed E-state index contributed by atoms with van der Waals surface area (Å²) in [6.07, 6.45) is -0.894. The van der Waals surface area contributed by atoms with Gasteiger partial charge in [-0.2, -0.15) is 5.10 Å². The van der Waals surface area contributed by atoms with E-state index in [9.17, 15) is 9.90 Å². The molecule has 7 nitrogen and oxygen atoms in total. The van der Waals surface area contributed by atoms with Crippen LogP contribution in [0.25, 0.3) is 0 Å². The van der Waals surface area contributed by atoms with Gasteiger partial charge in [0.15, 0.2) is 8.32 Å². The summed E-state index contributed by atoms with van der Waals surface area (Å²) in [7, 11) is -3.47. The van der Waals surface area contributed by atoms with Crippen LogP contribution in [0.1, 0.15) is 68.1 Å². The monoisotopic (exact) mass is 534 g/mol. The van der Waals surface area contributed by atoms with Gasteiger partial charge in [0.1, 0.15) is 12.4 Å². The number of carbonyl (C=O) groups excluding carboxylic acids is 1. The second kappa shape index (κ2) is 12.6. The highest BCUT2D eigenvalue weighted by atomic mass is 28.4. The van der Waals surface area contributed by atoms with E-state index in [1.54, 1.807) is 17.7 Å². The van der Waals surface area contributed by atoms with Crippen molar-refractivity contribution >= 4 is 22.4 Å². The highest BCUT2D eigenvalue weighted by molar-refractivity contribution is 6.76. The van der Waals surface area contributed by atoms with Gasteiger partial charge >= 0.3 is 5.97 Å². The second-order valence-corrected chi connectivity index (χ2v) is 22.4. The van der Waals surface area contributed by atoms with Gasteiger partial charge in [0.05, 0.1) is 24.5 Å². The van der Waals surface area contributed by atoms with E-state index in [4.69, 9.17) is 19.0 Å².